The third-order valence-electron chi connectivity index (χ3n) is 6.73. The minimum absolute atomic E-state index is 0.0253. The average Bonchev–Trinajstić information content (AvgIpc) is 3.71. The first-order valence-corrected chi connectivity index (χ1v) is 22.9. The van der Waals surface area contributed by atoms with Crippen LogP contribution in [0.15, 0.2) is 117 Å². The summed E-state index contributed by atoms with van der Waals surface area (Å²) in [7, 11) is -14.8. The molecule has 0 aliphatic rings. The summed E-state index contributed by atoms with van der Waals surface area (Å²) in [6.07, 6.45) is 2.81. The summed E-state index contributed by atoms with van der Waals surface area (Å²) in [6, 6.07) is 19.7. The van der Waals surface area contributed by atoms with Crippen molar-refractivity contribution in [1.29, 1.82) is 0 Å². The fraction of sp³-hybridized carbons (Fsp3) is 0.161. The summed E-state index contributed by atoms with van der Waals surface area (Å²) in [5.74, 6) is -0.446. The molecule has 2 aromatic heterocycles. The molecule has 0 radical (unpaired) electrons. The Hall–Kier alpha value is -2.77. The van der Waals surface area contributed by atoms with Gasteiger partial charge >= 0.3 is 0 Å². The highest BCUT2D eigenvalue weighted by Crippen LogP contribution is 2.34. The number of nitrogens with two attached hydrogens (primary N) is 1. The van der Waals surface area contributed by atoms with Gasteiger partial charge in [-0.1, -0.05) is 35.0 Å². The summed E-state index contributed by atoms with van der Waals surface area (Å²) in [4.78, 5) is 1.34. The third kappa shape index (κ3) is 8.87. The molecule has 0 bridgehead atoms. The van der Waals surface area contributed by atoms with E-state index < -0.39 is 45.2 Å². The summed E-state index contributed by atoms with van der Waals surface area (Å²) in [6.45, 7) is 2.16. The van der Waals surface area contributed by atoms with Crippen LogP contribution in [0.3, 0.4) is 0 Å². The fourth-order valence-electron chi connectivity index (χ4n) is 4.19. The Balaban J connectivity index is 0.000000224. The summed E-state index contributed by atoms with van der Waals surface area (Å²) in [5.41, 5.74) is 6.42. The molecule has 0 amide bonds. The molecule has 0 aliphatic heterocycles. The van der Waals surface area contributed by atoms with Crippen LogP contribution in [0.1, 0.15) is 16.7 Å². The molecule has 48 heavy (non-hydrogen) atoms. The molecule has 2 N–H and O–H groups in total. The Morgan fingerprint density at radius 1 is 0.604 bits per heavy atom. The molecular weight excluding hydrogens is 806 g/mol. The van der Waals surface area contributed by atoms with Crippen molar-refractivity contribution in [1.82, 2.24) is 0 Å². The van der Waals surface area contributed by atoms with Crippen molar-refractivity contribution in [3.63, 3.8) is 0 Å². The Kier molecular flexibility index (Phi) is 11.6. The molecule has 0 unspecified atom stereocenters. The highest BCUT2D eigenvalue weighted by Gasteiger charge is 2.24. The lowest BCUT2D eigenvalue weighted by atomic mass is 10.1. The lowest BCUT2D eigenvalue weighted by Gasteiger charge is -2.10. The van der Waals surface area contributed by atoms with Gasteiger partial charge in [0.15, 0.2) is 19.7 Å². The van der Waals surface area contributed by atoms with Crippen LogP contribution >= 0.6 is 38.6 Å². The second-order valence-electron chi connectivity index (χ2n) is 10.4. The first-order valence-electron chi connectivity index (χ1n) is 13.7. The SMILES string of the molecule is CCc1ccc(S(=O)(=O)c2cc(Br)cc(S(C)(=O)=O)c2)s1.CS(=O)(=O)c1cc(-c2ccc(F)cc2)cc(S(=O)(=O)c2ccc(CN)s2)c1. The van der Waals surface area contributed by atoms with E-state index in [4.69, 9.17) is 5.73 Å². The molecule has 256 valence electrons. The number of hydrogen-bond acceptors (Lipinski definition) is 11. The van der Waals surface area contributed by atoms with E-state index in [-0.39, 0.29) is 34.5 Å². The van der Waals surface area contributed by atoms with E-state index in [0.29, 0.717) is 20.5 Å². The van der Waals surface area contributed by atoms with Gasteiger partial charge < -0.3 is 5.73 Å². The summed E-state index contributed by atoms with van der Waals surface area (Å²) >= 11 is 5.40. The molecule has 0 saturated heterocycles. The molecule has 0 saturated carbocycles. The van der Waals surface area contributed by atoms with Crippen molar-refractivity contribution in [2.24, 2.45) is 5.73 Å². The van der Waals surface area contributed by atoms with E-state index >= 15 is 0 Å². The number of rotatable bonds is 9. The van der Waals surface area contributed by atoms with Gasteiger partial charge in [0.05, 0.1) is 19.6 Å². The van der Waals surface area contributed by atoms with Gasteiger partial charge in [0.2, 0.25) is 19.7 Å². The number of hydrogen-bond donors (Lipinski definition) is 1. The number of halogens is 2. The Morgan fingerprint density at radius 2 is 1.04 bits per heavy atom. The largest absolute Gasteiger partial charge is 0.326 e. The Labute approximate surface area is 296 Å². The molecule has 0 aliphatic carbocycles. The van der Waals surface area contributed by atoms with Gasteiger partial charge in [0, 0.05) is 33.3 Å². The maximum atomic E-state index is 13.2. The monoisotopic (exact) mass is 833 g/mol. The fourth-order valence-corrected chi connectivity index (χ4v) is 12.0. The smallest absolute Gasteiger partial charge is 0.216 e. The highest BCUT2D eigenvalue weighted by molar-refractivity contribution is 9.10. The first-order chi connectivity index (χ1) is 22.2. The number of aryl methyl sites for hydroxylation is 1. The molecule has 0 spiro atoms. The topological polar surface area (TPSA) is 163 Å². The number of sulfone groups is 4. The van der Waals surface area contributed by atoms with E-state index in [9.17, 15) is 38.1 Å². The van der Waals surface area contributed by atoms with Crippen molar-refractivity contribution in [2.75, 3.05) is 12.5 Å². The van der Waals surface area contributed by atoms with Gasteiger partial charge in [0.1, 0.15) is 14.2 Å². The molecular formula is C31H29BrFNO8S6. The molecule has 5 rings (SSSR count). The van der Waals surface area contributed by atoms with E-state index in [1.807, 2.05) is 6.92 Å². The minimum Gasteiger partial charge on any atom is -0.326 e. The quantitative estimate of drug-likeness (QED) is 0.173. The standard InChI is InChI=1S/C18H16FNO4S3.C13H13BrO4S3/c1-26(21,22)16-8-13(12-2-4-14(19)5-3-12)9-17(10-16)27(23,24)18-7-6-15(11-20)25-18;1-3-10-4-5-13(19-10)21(17,18)12-7-9(14)6-11(8-12)20(2,15)16/h2-10H,11,20H2,1H3;4-8H,3H2,1-2H3. The molecule has 17 heteroatoms. The van der Waals surface area contributed by atoms with Gasteiger partial charge in [0.25, 0.3) is 0 Å². The van der Waals surface area contributed by atoms with Crippen LogP contribution in [-0.4, -0.2) is 46.2 Å². The van der Waals surface area contributed by atoms with Crippen LogP contribution in [0.25, 0.3) is 11.1 Å². The zero-order valence-corrected chi connectivity index (χ0v) is 32.0. The van der Waals surface area contributed by atoms with E-state index in [1.54, 1.807) is 18.2 Å². The van der Waals surface area contributed by atoms with Crippen LogP contribution in [-0.2, 0) is 52.3 Å². The Morgan fingerprint density at radius 3 is 1.50 bits per heavy atom. The molecule has 0 atom stereocenters. The van der Waals surface area contributed by atoms with E-state index in [0.717, 1.165) is 41.2 Å². The van der Waals surface area contributed by atoms with Crippen molar-refractivity contribution in [2.45, 2.75) is 47.9 Å². The van der Waals surface area contributed by atoms with Crippen LogP contribution in [0.4, 0.5) is 4.39 Å². The van der Waals surface area contributed by atoms with E-state index in [2.05, 4.69) is 15.9 Å². The number of benzene rings is 3. The van der Waals surface area contributed by atoms with Crippen molar-refractivity contribution < 1.29 is 38.1 Å². The molecule has 9 nitrogen and oxygen atoms in total. The third-order valence-corrected chi connectivity index (χ3v) is 16.2. The summed E-state index contributed by atoms with van der Waals surface area (Å²) < 4.78 is 112. The van der Waals surface area contributed by atoms with Crippen LogP contribution in [0, 0.1) is 5.82 Å². The normalized spacial score (nSPS) is 12.4. The second kappa shape index (κ2) is 14.6. The first kappa shape index (κ1) is 38.0. The molecule has 3 aromatic carbocycles. The maximum Gasteiger partial charge on any atom is 0.216 e. The van der Waals surface area contributed by atoms with Gasteiger partial charge in [-0.2, -0.15) is 0 Å². The predicted octanol–water partition coefficient (Wildman–Crippen LogP) is 6.56. The van der Waals surface area contributed by atoms with Gasteiger partial charge in [-0.25, -0.2) is 38.1 Å². The van der Waals surface area contributed by atoms with Crippen molar-refractivity contribution >= 4 is 78.0 Å². The van der Waals surface area contributed by atoms with E-state index in [1.165, 1.54) is 72.0 Å². The zero-order chi connectivity index (χ0) is 35.7. The van der Waals surface area contributed by atoms with Gasteiger partial charge in [-0.05, 0) is 90.3 Å². The molecule has 0 fully saturated rings. The highest BCUT2D eigenvalue weighted by atomic mass is 79.9. The van der Waals surface area contributed by atoms with Crippen molar-refractivity contribution in [3.8, 4) is 11.1 Å². The van der Waals surface area contributed by atoms with Crippen LogP contribution in [0.2, 0.25) is 0 Å². The van der Waals surface area contributed by atoms with Gasteiger partial charge in [-0.15, -0.1) is 22.7 Å². The minimum atomic E-state index is -3.93. The van der Waals surface area contributed by atoms with Gasteiger partial charge in [-0.3, -0.25) is 0 Å². The Bertz CT molecular complexity index is 2420. The zero-order valence-electron chi connectivity index (χ0n) is 25.5. The van der Waals surface area contributed by atoms with Crippen molar-refractivity contribution in [3.05, 3.63) is 105 Å². The predicted molar refractivity (Wildman–Crippen MR) is 189 cm³/mol. The lowest BCUT2D eigenvalue weighted by Crippen LogP contribution is -2.04. The van der Waals surface area contributed by atoms with Crippen LogP contribution in [0.5, 0.6) is 0 Å². The summed E-state index contributed by atoms with van der Waals surface area (Å²) in [5, 5.41) is 0. The second-order valence-corrected chi connectivity index (χ2v) is 22.0. The molecule has 5 aromatic rings. The molecule has 2 heterocycles. The van der Waals surface area contributed by atoms with Crippen LogP contribution < -0.4 is 5.73 Å². The average molecular weight is 835 g/mol. The number of thiophene rings is 2. The lowest BCUT2D eigenvalue weighted by molar-refractivity contribution is 0.594. The maximum absolute atomic E-state index is 13.2.